The second kappa shape index (κ2) is 6.93. The van der Waals surface area contributed by atoms with Crippen LogP contribution in [0, 0.1) is 0 Å². The minimum Gasteiger partial charge on any atom is -0.378 e. The lowest BCUT2D eigenvalue weighted by Crippen LogP contribution is -2.45. The van der Waals surface area contributed by atoms with E-state index in [1.54, 1.807) is 7.11 Å². The monoisotopic (exact) mass is 244 g/mol. The van der Waals surface area contributed by atoms with Crippen molar-refractivity contribution < 1.29 is 14.3 Å². The fourth-order valence-corrected chi connectivity index (χ4v) is 1.78. The van der Waals surface area contributed by atoms with Gasteiger partial charge in [0.2, 0.25) is 5.91 Å². The molecule has 0 aromatic heterocycles. The van der Waals surface area contributed by atoms with E-state index in [4.69, 9.17) is 9.47 Å². The van der Waals surface area contributed by atoms with Gasteiger partial charge in [-0.05, 0) is 0 Å². The number of rotatable bonds is 7. The molecule has 0 aromatic carbocycles. The topological polar surface area (TPSA) is 59.6 Å². The Morgan fingerprint density at radius 1 is 1.53 bits per heavy atom. The molecule has 1 rings (SSSR count). The molecule has 0 aliphatic carbocycles. The summed E-state index contributed by atoms with van der Waals surface area (Å²) in [6, 6.07) is 0.413. The molecule has 2 N–H and O–H groups in total. The Hall–Kier alpha value is -0.650. The molecule has 1 unspecified atom stereocenters. The van der Waals surface area contributed by atoms with Gasteiger partial charge in [-0.25, -0.2) is 0 Å². The first-order valence-corrected chi connectivity index (χ1v) is 6.21. The maximum absolute atomic E-state index is 11.6. The molecule has 0 radical (unpaired) electrons. The largest absolute Gasteiger partial charge is 0.378 e. The minimum absolute atomic E-state index is 0.0569. The third-order valence-electron chi connectivity index (χ3n) is 3.01. The van der Waals surface area contributed by atoms with E-state index < -0.39 is 0 Å². The zero-order valence-electron chi connectivity index (χ0n) is 11.0. The molecule has 0 spiro atoms. The second-order valence-electron chi connectivity index (χ2n) is 4.83. The Bertz CT molecular complexity index is 238. The van der Waals surface area contributed by atoms with Crippen LogP contribution in [0.3, 0.4) is 0 Å². The molecular formula is C12H24N2O3. The molecule has 1 atom stereocenters. The maximum atomic E-state index is 11.6. The van der Waals surface area contributed by atoms with Crippen molar-refractivity contribution in [1.82, 2.24) is 10.6 Å². The van der Waals surface area contributed by atoms with Crippen LogP contribution >= 0.6 is 0 Å². The van der Waals surface area contributed by atoms with Gasteiger partial charge in [0.05, 0.1) is 6.61 Å². The van der Waals surface area contributed by atoms with Crippen LogP contribution in [-0.4, -0.2) is 51.0 Å². The van der Waals surface area contributed by atoms with E-state index in [2.05, 4.69) is 24.5 Å². The van der Waals surface area contributed by atoms with Crippen molar-refractivity contribution in [2.75, 3.05) is 33.4 Å². The summed E-state index contributed by atoms with van der Waals surface area (Å²) >= 11 is 0. The zero-order chi connectivity index (χ0) is 12.7. The molecule has 1 aliphatic heterocycles. The van der Waals surface area contributed by atoms with Crippen LogP contribution in [0.15, 0.2) is 0 Å². The Balaban J connectivity index is 2.18. The van der Waals surface area contributed by atoms with E-state index >= 15 is 0 Å². The van der Waals surface area contributed by atoms with Gasteiger partial charge in [0.15, 0.2) is 0 Å². The average Bonchev–Trinajstić information content (AvgIpc) is 2.75. The average molecular weight is 244 g/mol. The number of carbonyl (C=O) groups is 1. The van der Waals surface area contributed by atoms with Crippen molar-refractivity contribution in [2.24, 2.45) is 0 Å². The lowest BCUT2D eigenvalue weighted by molar-refractivity contribution is -0.122. The first-order valence-electron chi connectivity index (χ1n) is 6.21. The molecule has 100 valence electrons. The molecule has 1 fully saturated rings. The molecule has 5 heteroatoms. The molecule has 5 nitrogen and oxygen atoms in total. The van der Waals surface area contributed by atoms with Gasteiger partial charge in [0, 0.05) is 45.7 Å². The summed E-state index contributed by atoms with van der Waals surface area (Å²) < 4.78 is 10.7. The summed E-state index contributed by atoms with van der Waals surface area (Å²) in [6.45, 7) is 6.64. The SMILES string of the molecule is COC1(CNC(=O)CCNC(C)C)CCOC1. The molecule has 1 amide bonds. The van der Waals surface area contributed by atoms with E-state index in [0.717, 1.165) is 6.42 Å². The molecule has 1 heterocycles. The van der Waals surface area contributed by atoms with Gasteiger partial charge < -0.3 is 20.1 Å². The Kier molecular flexibility index (Phi) is 5.88. The van der Waals surface area contributed by atoms with E-state index in [-0.39, 0.29) is 11.5 Å². The van der Waals surface area contributed by atoms with Crippen LogP contribution in [0.1, 0.15) is 26.7 Å². The molecule has 1 saturated heterocycles. The fourth-order valence-electron chi connectivity index (χ4n) is 1.78. The van der Waals surface area contributed by atoms with Crippen LogP contribution in [0.5, 0.6) is 0 Å². The molecular weight excluding hydrogens is 220 g/mol. The van der Waals surface area contributed by atoms with Gasteiger partial charge in [-0.15, -0.1) is 0 Å². The summed E-state index contributed by atoms with van der Waals surface area (Å²) in [4.78, 5) is 11.6. The lowest BCUT2D eigenvalue weighted by atomic mass is 10.0. The number of amides is 1. The van der Waals surface area contributed by atoms with E-state index in [1.165, 1.54) is 0 Å². The van der Waals surface area contributed by atoms with E-state index in [0.29, 0.717) is 38.8 Å². The third kappa shape index (κ3) is 5.02. The van der Waals surface area contributed by atoms with Crippen molar-refractivity contribution >= 4 is 5.91 Å². The standard InChI is InChI=1S/C12H24N2O3/c1-10(2)13-6-4-11(15)14-8-12(16-3)5-7-17-9-12/h10,13H,4-9H2,1-3H3,(H,14,15). The fraction of sp³-hybridized carbons (Fsp3) is 0.917. The summed E-state index contributed by atoms with van der Waals surface area (Å²) in [6.07, 6.45) is 1.34. The highest BCUT2D eigenvalue weighted by atomic mass is 16.5. The predicted octanol–water partition coefficient (Wildman–Crippen LogP) is 0.296. The molecule has 0 aromatic rings. The Morgan fingerprint density at radius 3 is 2.82 bits per heavy atom. The van der Waals surface area contributed by atoms with Gasteiger partial charge in [-0.1, -0.05) is 13.8 Å². The molecule has 0 bridgehead atoms. The number of hydrogen-bond acceptors (Lipinski definition) is 4. The summed E-state index contributed by atoms with van der Waals surface area (Å²) in [5.74, 6) is 0.0569. The number of ether oxygens (including phenoxy) is 2. The predicted molar refractivity (Wildman–Crippen MR) is 65.9 cm³/mol. The van der Waals surface area contributed by atoms with Gasteiger partial charge in [0.1, 0.15) is 5.60 Å². The van der Waals surface area contributed by atoms with Crippen LogP contribution < -0.4 is 10.6 Å². The molecule has 1 aliphatic rings. The Labute approximate surface area is 103 Å². The highest BCUT2D eigenvalue weighted by Gasteiger charge is 2.35. The summed E-state index contributed by atoms with van der Waals surface area (Å²) in [5.41, 5.74) is -0.318. The van der Waals surface area contributed by atoms with E-state index in [9.17, 15) is 4.79 Å². The van der Waals surface area contributed by atoms with Crippen LogP contribution in [0.4, 0.5) is 0 Å². The first kappa shape index (κ1) is 14.4. The van der Waals surface area contributed by atoms with Crippen molar-refractivity contribution in [3.8, 4) is 0 Å². The zero-order valence-corrected chi connectivity index (χ0v) is 11.0. The van der Waals surface area contributed by atoms with Crippen molar-refractivity contribution in [2.45, 2.75) is 38.3 Å². The first-order chi connectivity index (χ1) is 8.08. The number of nitrogens with one attached hydrogen (secondary N) is 2. The lowest BCUT2D eigenvalue weighted by Gasteiger charge is -2.25. The number of methoxy groups -OCH3 is 1. The quantitative estimate of drug-likeness (QED) is 0.676. The van der Waals surface area contributed by atoms with Crippen molar-refractivity contribution in [3.05, 3.63) is 0 Å². The summed E-state index contributed by atoms with van der Waals surface area (Å²) in [7, 11) is 1.67. The van der Waals surface area contributed by atoms with Crippen molar-refractivity contribution in [1.29, 1.82) is 0 Å². The smallest absolute Gasteiger partial charge is 0.221 e. The summed E-state index contributed by atoms with van der Waals surface area (Å²) in [5, 5.41) is 6.12. The van der Waals surface area contributed by atoms with Gasteiger partial charge in [-0.2, -0.15) is 0 Å². The molecule has 17 heavy (non-hydrogen) atoms. The Morgan fingerprint density at radius 2 is 2.29 bits per heavy atom. The van der Waals surface area contributed by atoms with Crippen LogP contribution in [0.25, 0.3) is 0 Å². The number of carbonyl (C=O) groups excluding carboxylic acids is 1. The minimum atomic E-state index is -0.318. The van der Waals surface area contributed by atoms with Gasteiger partial charge in [0.25, 0.3) is 0 Å². The number of hydrogen-bond donors (Lipinski definition) is 2. The van der Waals surface area contributed by atoms with Crippen LogP contribution in [0.2, 0.25) is 0 Å². The van der Waals surface area contributed by atoms with Gasteiger partial charge >= 0.3 is 0 Å². The highest BCUT2D eigenvalue weighted by Crippen LogP contribution is 2.21. The highest BCUT2D eigenvalue weighted by molar-refractivity contribution is 5.76. The van der Waals surface area contributed by atoms with Crippen molar-refractivity contribution in [3.63, 3.8) is 0 Å². The maximum Gasteiger partial charge on any atom is 0.221 e. The normalized spacial score (nSPS) is 24.2. The molecule has 0 saturated carbocycles. The van der Waals surface area contributed by atoms with Gasteiger partial charge in [-0.3, -0.25) is 4.79 Å². The van der Waals surface area contributed by atoms with E-state index in [1.807, 2.05) is 0 Å². The van der Waals surface area contributed by atoms with Crippen LogP contribution in [-0.2, 0) is 14.3 Å². The third-order valence-corrected chi connectivity index (χ3v) is 3.01. The second-order valence-corrected chi connectivity index (χ2v) is 4.83.